The molecule has 0 aliphatic rings. The fourth-order valence-electron chi connectivity index (χ4n) is 2.63. The molecule has 0 saturated carbocycles. The summed E-state index contributed by atoms with van der Waals surface area (Å²) in [5, 5.41) is 9.47. The van der Waals surface area contributed by atoms with Crippen molar-refractivity contribution in [2.24, 2.45) is 4.99 Å². The van der Waals surface area contributed by atoms with Crippen LogP contribution in [0.4, 0.5) is 0 Å². The molecule has 1 amide bonds. The summed E-state index contributed by atoms with van der Waals surface area (Å²) in [5.74, 6) is 1.57. The third-order valence-corrected chi connectivity index (χ3v) is 3.99. The lowest BCUT2D eigenvalue weighted by Crippen LogP contribution is -2.38. The SMILES string of the molecule is CCNC(=NCc1ccccc1OCC)NCCCNC(=O)c1ccccc1.I. The summed E-state index contributed by atoms with van der Waals surface area (Å²) in [4.78, 5) is 16.6. The summed E-state index contributed by atoms with van der Waals surface area (Å²) < 4.78 is 5.65. The van der Waals surface area contributed by atoms with Crippen LogP contribution in [0.1, 0.15) is 36.2 Å². The van der Waals surface area contributed by atoms with Gasteiger partial charge in [-0.1, -0.05) is 36.4 Å². The Morgan fingerprint density at radius 3 is 2.34 bits per heavy atom. The second-order valence-corrected chi connectivity index (χ2v) is 6.14. The average Bonchev–Trinajstić information content (AvgIpc) is 2.73. The number of hydrogen-bond donors (Lipinski definition) is 3. The molecule has 2 aromatic carbocycles. The molecule has 3 N–H and O–H groups in total. The lowest BCUT2D eigenvalue weighted by molar-refractivity contribution is 0.0953. The van der Waals surface area contributed by atoms with E-state index in [1.807, 2.05) is 68.4 Å². The zero-order chi connectivity index (χ0) is 20.0. The van der Waals surface area contributed by atoms with Gasteiger partial charge in [-0.25, -0.2) is 4.99 Å². The van der Waals surface area contributed by atoms with Gasteiger partial charge in [0.1, 0.15) is 5.75 Å². The molecule has 0 fully saturated rings. The molecule has 0 radical (unpaired) electrons. The number of guanidine groups is 1. The lowest BCUT2D eigenvalue weighted by Gasteiger charge is -2.13. The Hall–Kier alpha value is -2.29. The van der Waals surface area contributed by atoms with Gasteiger partial charge in [0.15, 0.2) is 5.96 Å². The normalized spacial score (nSPS) is 10.6. The Labute approximate surface area is 190 Å². The van der Waals surface area contributed by atoms with E-state index in [1.54, 1.807) is 0 Å². The number of hydrogen-bond acceptors (Lipinski definition) is 3. The molecule has 0 heterocycles. The summed E-state index contributed by atoms with van der Waals surface area (Å²) in [5.41, 5.74) is 1.73. The number of aliphatic imine (C=N–C) groups is 1. The largest absolute Gasteiger partial charge is 0.494 e. The average molecular weight is 510 g/mol. The number of carbonyl (C=O) groups is 1. The van der Waals surface area contributed by atoms with Crippen LogP contribution in [-0.4, -0.2) is 38.1 Å². The number of ether oxygens (including phenoxy) is 1. The summed E-state index contributed by atoms with van der Waals surface area (Å²) >= 11 is 0. The van der Waals surface area contributed by atoms with E-state index in [1.165, 1.54) is 0 Å². The van der Waals surface area contributed by atoms with E-state index in [4.69, 9.17) is 4.74 Å². The van der Waals surface area contributed by atoms with Crippen LogP contribution in [-0.2, 0) is 6.54 Å². The molecule has 7 heteroatoms. The first-order chi connectivity index (χ1) is 13.7. The quantitative estimate of drug-likeness (QED) is 0.198. The highest BCUT2D eigenvalue weighted by Crippen LogP contribution is 2.18. The Bertz CT molecular complexity index is 753. The molecular formula is C22H31IN4O2. The minimum Gasteiger partial charge on any atom is -0.494 e. The van der Waals surface area contributed by atoms with Crippen molar-refractivity contribution < 1.29 is 9.53 Å². The van der Waals surface area contributed by atoms with Crippen molar-refractivity contribution in [1.29, 1.82) is 0 Å². The maximum absolute atomic E-state index is 12.0. The van der Waals surface area contributed by atoms with Crippen LogP contribution in [0.25, 0.3) is 0 Å². The van der Waals surface area contributed by atoms with Gasteiger partial charge in [-0.05, 0) is 38.5 Å². The number of halogens is 1. The van der Waals surface area contributed by atoms with E-state index < -0.39 is 0 Å². The third-order valence-electron chi connectivity index (χ3n) is 3.99. The molecule has 0 saturated heterocycles. The van der Waals surface area contributed by atoms with E-state index in [0.29, 0.717) is 31.8 Å². The molecule has 0 aliphatic carbocycles. The van der Waals surface area contributed by atoms with Gasteiger partial charge in [0.05, 0.1) is 13.2 Å². The fourth-order valence-corrected chi connectivity index (χ4v) is 2.63. The third kappa shape index (κ3) is 9.17. The smallest absolute Gasteiger partial charge is 0.251 e. The fraction of sp³-hybridized carbons (Fsp3) is 0.364. The molecule has 2 rings (SSSR count). The van der Waals surface area contributed by atoms with E-state index >= 15 is 0 Å². The first kappa shape index (κ1) is 24.7. The minimum atomic E-state index is -0.0475. The molecule has 0 aliphatic heterocycles. The molecule has 29 heavy (non-hydrogen) atoms. The monoisotopic (exact) mass is 510 g/mol. The van der Waals surface area contributed by atoms with Crippen LogP contribution in [0.5, 0.6) is 5.75 Å². The van der Waals surface area contributed by atoms with Crippen LogP contribution in [0.15, 0.2) is 59.6 Å². The van der Waals surface area contributed by atoms with Crippen LogP contribution >= 0.6 is 24.0 Å². The van der Waals surface area contributed by atoms with Crippen molar-refractivity contribution in [3.8, 4) is 5.75 Å². The number of carbonyl (C=O) groups excluding carboxylic acids is 1. The molecular weight excluding hydrogens is 479 g/mol. The second kappa shape index (κ2) is 14.7. The highest BCUT2D eigenvalue weighted by molar-refractivity contribution is 14.0. The molecule has 0 spiro atoms. The van der Waals surface area contributed by atoms with Gasteiger partial charge in [0.25, 0.3) is 5.91 Å². The van der Waals surface area contributed by atoms with Crippen LogP contribution in [0, 0.1) is 0 Å². The predicted octanol–water partition coefficient (Wildman–Crippen LogP) is 3.58. The van der Waals surface area contributed by atoms with Gasteiger partial charge in [0, 0.05) is 30.8 Å². The van der Waals surface area contributed by atoms with E-state index in [9.17, 15) is 4.79 Å². The first-order valence-corrected chi connectivity index (χ1v) is 9.80. The zero-order valence-electron chi connectivity index (χ0n) is 17.1. The van der Waals surface area contributed by atoms with Crippen LogP contribution < -0.4 is 20.7 Å². The van der Waals surface area contributed by atoms with Crippen LogP contribution in [0.2, 0.25) is 0 Å². The van der Waals surface area contributed by atoms with Crippen molar-refractivity contribution >= 4 is 35.8 Å². The molecule has 0 unspecified atom stereocenters. The van der Waals surface area contributed by atoms with Gasteiger partial charge >= 0.3 is 0 Å². The number of nitrogens with zero attached hydrogens (tertiary/aromatic N) is 1. The highest BCUT2D eigenvalue weighted by atomic mass is 127. The van der Waals surface area contributed by atoms with Gasteiger partial charge < -0.3 is 20.7 Å². The van der Waals surface area contributed by atoms with Gasteiger partial charge in [-0.3, -0.25) is 4.79 Å². The van der Waals surface area contributed by atoms with Gasteiger partial charge in [-0.15, -0.1) is 24.0 Å². The topological polar surface area (TPSA) is 74.8 Å². The molecule has 6 nitrogen and oxygen atoms in total. The summed E-state index contributed by atoms with van der Waals surface area (Å²) in [6, 6.07) is 17.2. The van der Waals surface area contributed by atoms with Gasteiger partial charge in [-0.2, -0.15) is 0 Å². The number of rotatable bonds is 10. The van der Waals surface area contributed by atoms with Crippen molar-refractivity contribution in [3.05, 3.63) is 65.7 Å². The highest BCUT2D eigenvalue weighted by Gasteiger charge is 2.04. The number of para-hydroxylation sites is 1. The van der Waals surface area contributed by atoms with Crippen molar-refractivity contribution in [1.82, 2.24) is 16.0 Å². The summed E-state index contributed by atoms with van der Waals surface area (Å²) in [6.45, 7) is 7.28. The summed E-state index contributed by atoms with van der Waals surface area (Å²) in [6.07, 6.45) is 0.804. The summed E-state index contributed by atoms with van der Waals surface area (Å²) in [7, 11) is 0. The second-order valence-electron chi connectivity index (χ2n) is 6.14. The van der Waals surface area contributed by atoms with E-state index in [0.717, 1.165) is 30.2 Å². The lowest BCUT2D eigenvalue weighted by atomic mass is 10.2. The van der Waals surface area contributed by atoms with Crippen molar-refractivity contribution in [3.63, 3.8) is 0 Å². The molecule has 0 aromatic heterocycles. The van der Waals surface area contributed by atoms with Crippen LogP contribution in [0.3, 0.4) is 0 Å². The van der Waals surface area contributed by atoms with Crippen molar-refractivity contribution in [2.45, 2.75) is 26.8 Å². The Kier molecular flexibility index (Phi) is 12.5. The maximum Gasteiger partial charge on any atom is 0.251 e. The number of nitrogens with one attached hydrogen (secondary N) is 3. The number of amides is 1. The van der Waals surface area contributed by atoms with E-state index in [2.05, 4.69) is 20.9 Å². The van der Waals surface area contributed by atoms with Crippen molar-refractivity contribution in [2.75, 3.05) is 26.2 Å². The maximum atomic E-state index is 12.0. The Balaban J connectivity index is 0.00000420. The zero-order valence-corrected chi connectivity index (χ0v) is 19.4. The molecule has 0 atom stereocenters. The Morgan fingerprint density at radius 2 is 1.62 bits per heavy atom. The molecule has 0 bridgehead atoms. The minimum absolute atomic E-state index is 0. The standard InChI is InChI=1S/C22H30N4O2.HI/c1-3-23-22(26-17-19-13-8-9-14-20(19)28-4-2)25-16-10-15-24-21(27)18-11-6-5-7-12-18;/h5-9,11-14H,3-4,10,15-17H2,1-2H3,(H,24,27)(H2,23,25,26);1H. The van der Waals surface area contributed by atoms with E-state index in [-0.39, 0.29) is 29.9 Å². The molecule has 2 aromatic rings. The van der Waals surface area contributed by atoms with Gasteiger partial charge in [0.2, 0.25) is 0 Å². The number of benzene rings is 2. The predicted molar refractivity (Wildman–Crippen MR) is 129 cm³/mol. The first-order valence-electron chi connectivity index (χ1n) is 9.80. The Morgan fingerprint density at radius 1 is 0.931 bits per heavy atom. The molecule has 158 valence electrons.